The summed E-state index contributed by atoms with van der Waals surface area (Å²) in [6, 6.07) is 4.61. The van der Waals surface area contributed by atoms with Crippen molar-refractivity contribution >= 4 is 11.8 Å². The van der Waals surface area contributed by atoms with Crippen molar-refractivity contribution in [3.63, 3.8) is 0 Å². The lowest BCUT2D eigenvalue weighted by Gasteiger charge is -2.14. The zero-order valence-corrected chi connectivity index (χ0v) is 12.5. The number of aromatic nitrogens is 2. The zero-order chi connectivity index (χ0) is 15.5. The van der Waals surface area contributed by atoms with Gasteiger partial charge in [0.25, 0.3) is 0 Å². The molecule has 0 unspecified atom stereocenters. The Hall–Kier alpha value is -1.47. The van der Waals surface area contributed by atoms with Crippen molar-refractivity contribution in [3.8, 4) is 0 Å². The summed E-state index contributed by atoms with van der Waals surface area (Å²) in [5.74, 6) is 0. The molecule has 0 radical (unpaired) electrons. The van der Waals surface area contributed by atoms with Crippen molar-refractivity contribution in [2.24, 2.45) is 0 Å². The lowest BCUT2D eigenvalue weighted by Crippen LogP contribution is -2.22. The van der Waals surface area contributed by atoms with Crippen LogP contribution < -0.4 is 5.32 Å². The third-order valence-corrected chi connectivity index (χ3v) is 3.74. The van der Waals surface area contributed by atoms with E-state index < -0.39 is 11.7 Å². The van der Waals surface area contributed by atoms with Crippen LogP contribution in [0.25, 0.3) is 0 Å². The van der Waals surface area contributed by atoms with Gasteiger partial charge in [0.1, 0.15) is 0 Å². The second-order valence-corrected chi connectivity index (χ2v) is 5.89. The SMILES string of the molecule is CC(C)NCc1ccc(Sc2ncc[nH]2)c(C(F)(F)F)c1. The van der Waals surface area contributed by atoms with E-state index in [9.17, 15) is 13.2 Å². The van der Waals surface area contributed by atoms with Crippen LogP contribution in [0.3, 0.4) is 0 Å². The Bertz CT molecular complexity index is 580. The van der Waals surface area contributed by atoms with Crippen LogP contribution in [-0.4, -0.2) is 16.0 Å². The standard InChI is InChI=1S/C14H16F3N3S/c1-9(2)20-8-10-3-4-12(11(7-10)14(15,16)17)21-13-18-5-6-19-13/h3-7,9,20H,8H2,1-2H3,(H,18,19). The largest absolute Gasteiger partial charge is 0.417 e. The Morgan fingerprint density at radius 1 is 1.33 bits per heavy atom. The fourth-order valence-corrected chi connectivity index (χ4v) is 2.60. The van der Waals surface area contributed by atoms with Gasteiger partial charge in [0.2, 0.25) is 0 Å². The molecule has 0 aliphatic rings. The monoisotopic (exact) mass is 315 g/mol. The van der Waals surface area contributed by atoms with Crippen molar-refractivity contribution in [2.45, 2.75) is 42.7 Å². The van der Waals surface area contributed by atoms with E-state index in [0.717, 1.165) is 11.8 Å². The molecule has 0 fully saturated rings. The second-order valence-electron chi connectivity index (χ2n) is 4.86. The van der Waals surface area contributed by atoms with Crippen molar-refractivity contribution < 1.29 is 13.2 Å². The predicted molar refractivity (Wildman–Crippen MR) is 76.1 cm³/mol. The summed E-state index contributed by atoms with van der Waals surface area (Å²) >= 11 is 0.974. The number of hydrogen-bond acceptors (Lipinski definition) is 3. The highest BCUT2D eigenvalue weighted by atomic mass is 32.2. The maximum Gasteiger partial charge on any atom is 0.417 e. The molecule has 3 nitrogen and oxygen atoms in total. The summed E-state index contributed by atoms with van der Waals surface area (Å²) in [4.78, 5) is 6.88. The maximum absolute atomic E-state index is 13.2. The summed E-state index contributed by atoms with van der Waals surface area (Å²) in [5.41, 5.74) is -0.0215. The van der Waals surface area contributed by atoms with Crippen LogP contribution in [0.1, 0.15) is 25.0 Å². The van der Waals surface area contributed by atoms with Gasteiger partial charge in [0, 0.05) is 29.9 Å². The Morgan fingerprint density at radius 2 is 2.10 bits per heavy atom. The second kappa shape index (κ2) is 6.53. The predicted octanol–water partition coefficient (Wildman–Crippen LogP) is 4.08. The third kappa shape index (κ3) is 4.50. The fourth-order valence-electron chi connectivity index (χ4n) is 1.73. The van der Waals surface area contributed by atoms with Crippen LogP contribution in [0.4, 0.5) is 13.2 Å². The molecular formula is C14H16F3N3S. The molecule has 2 N–H and O–H groups in total. The lowest BCUT2D eigenvalue weighted by atomic mass is 10.1. The molecule has 1 aromatic carbocycles. The Balaban J connectivity index is 2.27. The molecule has 0 saturated heterocycles. The van der Waals surface area contributed by atoms with Crippen molar-refractivity contribution in [2.75, 3.05) is 0 Å². The average Bonchev–Trinajstić information content (AvgIpc) is 2.89. The van der Waals surface area contributed by atoms with E-state index in [1.165, 1.54) is 18.3 Å². The smallest absolute Gasteiger partial charge is 0.339 e. The molecule has 0 aliphatic heterocycles. The van der Waals surface area contributed by atoms with Crippen LogP contribution in [0.2, 0.25) is 0 Å². The number of alkyl halides is 3. The molecule has 2 aromatic rings. The van der Waals surface area contributed by atoms with Gasteiger partial charge in [-0.1, -0.05) is 31.7 Å². The summed E-state index contributed by atoms with van der Waals surface area (Å²) in [6.45, 7) is 4.31. The van der Waals surface area contributed by atoms with E-state index in [-0.39, 0.29) is 10.9 Å². The minimum atomic E-state index is -4.39. The van der Waals surface area contributed by atoms with Crippen molar-refractivity contribution in [1.82, 2.24) is 15.3 Å². The third-order valence-electron chi connectivity index (χ3n) is 2.74. The van der Waals surface area contributed by atoms with Gasteiger partial charge in [0.05, 0.1) is 5.56 Å². The number of benzene rings is 1. The Kier molecular flexibility index (Phi) is 4.95. The minimum Gasteiger partial charge on any atom is -0.339 e. The molecule has 114 valence electrons. The number of H-pyrrole nitrogens is 1. The Labute approximate surface area is 125 Å². The van der Waals surface area contributed by atoms with Gasteiger partial charge in [-0.3, -0.25) is 0 Å². The van der Waals surface area contributed by atoms with Crippen LogP contribution in [0.5, 0.6) is 0 Å². The fraction of sp³-hybridized carbons (Fsp3) is 0.357. The van der Waals surface area contributed by atoms with Crippen LogP contribution in [0, 0.1) is 0 Å². The van der Waals surface area contributed by atoms with Gasteiger partial charge in [-0.2, -0.15) is 13.2 Å². The number of halogens is 3. The average molecular weight is 315 g/mol. The Morgan fingerprint density at radius 3 is 2.67 bits per heavy atom. The molecule has 1 heterocycles. The number of hydrogen-bond donors (Lipinski definition) is 2. The van der Waals surface area contributed by atoms with Gasteiger partial charge in [0.15, 0.2) is 5.16 Å². The number of nitrogens with zero attached hydrogens (tertiary/aromatic N) is 1. The molecule has 0 spiro atoms. The summed E-state index contributed by atoms with van der Waals surface area (Å²) in [5, 5.41) is 3.55. The molecule has 21 heavy (non-hydrogen) atoms. The van der Waals surface area contributed by atoms with Crippen molar-refractivity contribution in [3.05, 3.63) is 41.7 Å². The minimum absolute atomic E-state index is 0.144. The van der Waals surface area contributed by atoms with Crippen LogP contribution in [-0.2, 0) is 12.7 Å². The summed E-state index contributed by atoms with van der Waals surface area (Å²) in [6.07, 6.45) is -1.30. The first-order valence-electron chi connectivity index (χ1n) is 6.47. The van der Waals surface area contributed by atoms with Gasteiger partial charge in [-0.15, -0.1) is 0 Å². The molecule has 2 rings (SSSR count). The topological polar surface area (TPSA) is 40.7 Å². The normalized spacial score (nSPS) is 12.1. The van der Waals surface area contributed by atoms with Crippen LogP contribution >= 0.6 is 11.8 Å². The summed E-state index contributed by atoms with van der Waals surface area (Å²) in [7, 11) is 0. The highest BCUT2D eigenvalue weighted by Crippen LogP contribution is 2.39. The molecular weight excluding hydrogens is 299 g/mol. The number of nitrogens with one attached hydrogen (secondary N) is 2. The molecule has 0 atom stereocenters. The van der Waals surface area contributed by atoms with E-state index in [1.807, 2.05) is 13.8 Å². The number of rotatable bonds is 5. The molecule has 0 bridgehead atoms. The van der Waals surface area contributed by atoms with Gasteiger partial charge >= 0.3 is 6.18 Å². The highest BCUT2D eigenvalue weighted by Gasteiger charge is 2.34. The lowest BCUT2D eigenvalue weighted by molar-refractivity contribution is -0.139. The van der Waals surface area contributed by atoms with E-state index >= 15 is 0 Å². The van der Waals surface area contributed by atoms with Gasteiger partial charge < -0.3 is 10.3 Å². The van der Waals surface area contributed by atoms with E-state index in [4.69, 9.17) is 0 Å². The number of aromatic amines is 1. The molecule has 1 aromatic heterocycles. The van der Waals surface area contributed by atoms with Crippen LogP contribution in [0.15, 0.2) is 40.6 Å². The summed E-state index contributed by atoms with van der Waals surface area (Å²) < 4.78 is 39.6. The molecule has 0 saturated carbocycles. The van der Waals surface area contributed by atoms with Gasteiger partial charge in [-0.05, 0) is 17.7 Å². The number of imidazole rings is 1. The van der Waals surface area contributed by atoms with E-state index in [0.29, 0.717) is 17.3 Å². The maximum atomic E-state index is 13.2. The van der Waals surface area contributed by atoms with Crippen molar-refractivity contribution in [1.29, 1.82) is 0 Å². The first-order chi connectivity index (χ1) is 9.86. The quantitative estimate of drug-likeness (QED) is 0.873. The highest BCUT2D eigenvalue weighted by molar-refractivity contribution is 7.99. The van der Waals surface area contributed by atoms with Gasteiger partial charge in [-0.25, -0.2) is 4.98 Å². The molecule has 0 amide bonds. The van der Waals surface area contributed by atoms with E-state index in [1.54, 1.807) is 12.3 Å². The first kappa shape index (κ1) is 15.9. The molecule has 0 aliphatic carbocycles. The first-order valence-corrected chi connectivity index (χ1v) is 7.28. The molecule has 7 heteroatoms. The zero-order valence-electron chi connectivity index (χ0n) is 11.7. The van der Waals surface area contributed by atoms with E-state index in [2.05, 4.69) is 15.3 Å².